The Labute approximate surface area is 113 Å². The molecular formula is C12H19N3O3S. The molecule has 0 heterocycles. The molecule has 7 heteroatoms. The molecule has 0 atom stereocenters. The van der Waals surface area contributed by atoms with Crippen LogP contribution in [0.2, 0.25) is 0 Å². The Kier molecular flexibility index (Phi) is 5.31. The zero-order valence-electron chi connectivity index (χ0n) is 11.1. The van der Waals surface area contributed by atoms with Crippen molar-refractivity contribution in [3.63, 3.8) is 0 Å². The third kappa shape index (κ3) is 5.71. The summed E-state index contributed by atoms with van der Waals surface area (Å²) in [5, 5.41) is 2.68. The van der Waals surface area contributed by atoms with E-state index in [2.05, 4.69) is 5.32 Å². The van der Waals surface area contributed by atoms with Gasteiger partial charge in [0.2, 0.25) is 0 Å². The summed E-state index contributed by atoms with van der Waals surface area (Å²) in [5.41, 5.74) is 7.10. The van der Waals surface area contributed by atoms with Crippen LogP contribution in [0.3, 0.4) is 0 Å². The second-order valence-corrected chi connectivity index (χ2v) is 6.64. The van der Waals surface area contributed by atoms with Gasteiger partial charge in [-0.15, -0.1) is 0 Å². The Morgan fingerprint density at radius 1 is 1.32 bits per heavy atom. The maximum atomic E-state index is 11.8. The largest absolute Gasteiger partial charge is 0.327 e. The molecule has 3 N–H and O–H groups in total. The summed E-state index contributed by atoms with van der Waals surface area (Å²) in [6.45, 7) is 0.605. The monoisotopic (exact) mass is 285 g/mol. The standard InChI is InChI=1S/C12H19N3O3S/c1-15(7-8-19(2,17)18)12(16)14-11-5-3-10(9-13)4-6-11/h3-6H,7-9,13H2,1-2H3,(H,14,16). The number of hydrogen-bond donors (Lipinski definition) is 2. The highest BCUT2D eigenvalue weighted by molar-refractivity contribution is 7.90. The Bertz CT molecular complexity index is 526. The SMILES string of the molecule is CN(CCS(C)(=O)=O)C(=O)Nc1ccc(CN)cc1. The third-order valence-electron chi connectivity index (χ3n) is 2.59. The van der Waals surface area contributed by atoms with E-state index in [1.165, 1.54) is 4.90 Å². The maximum Gasteiger partial charge on any atom is 0.321 e. The quantitative estimate of drug-likeness (QED) is 0.831. The summed E-state index contributed by atoms with van der Waals surface area (Å²) >= 11 is 0. The van der Waals surface area contributed by atoms with Crippen molar-refractivity contribution in [1.82, 2.24) is 4.90 Å². The van der Waals surface area contributed by atoms with Crippen molar-refractivity contribution in [2.45, 2.75) is 6.54 Å². The smallest absolute Gasteiger partial charge is 0.321 e. The van der Waals surface area contributed by atoms with Crippen molar-refractivity contribution in [3.05, 3.63) is 29.8 Å². The minimum Gasteiger partial charge on any atom is -0.327 e. The van der Waals surface area contributed by atoms with E-state index in [9.17, 15) is 13.2 Å². The van der Waals surface area contributed by atoms with Gasteiger partial charge in [-0.25, -0.2) is 13.2 Å². The second-order valence-electron chi connectivity index (χ2n) is 4.38. The van der Waals surface area contributed by atoms with Gasteiger partial charge in [-0.1, -0.05) is 12.1 Å². The summed E-state index contributed by atoms with van der Waals surface area (Å²) in [4.78, 5) is 13.1. The zero-order chi connectivity index (χ0) is 14.5. The van der Waals surface area contributed by atoms with Crippen LogP contribution in [0, 0.1) is 0 Å². The van der Waals surface area contributed by atoms with Gasteiger partial charge in [0.1, 0.15) is 9.84 Å². The van der Waals surface area contributed by atoms with E-state index in [1.807, 2.05) is 12.1 Å². The first kappa shape index (κ1) is 15.5. The molecule has 0 bridgehead atoms. The Morgan fingerprint density at radius 2 is 1.89 bits per heavy atom. The lowest BCUT2D eigenvalue weighted by Crippen LogP contribution is -2.34. The number of hydrogen-bond acceptors (Lipinski definition) is 4. The highest BCUT2D eigenvalue weighted by atomic mass is 32.2. The number of nitrogens with zero attached hydrogens (tertiary/aromatic N) is 1. The lowest BCUT2D eigenvalue weighted by atomic mass is 10.2. The van der Waals surface area contributed by atoms with Crippen molar-refractivity contribution in [3.8, 4) is 0 Å². The van der Waals surface area contributed by atoms with Gasteiger partial charge in [0.15, 0.2) is 0 Å². The zero-order valence-corrected chi connectivity index (χ0v) is 11.9. The van der Waals surface area contributed by atoms with Crippen LogP contribution in [0.15, 0.2) is 24.3 Å². The molecule has 0 unspecified atom stereocenters. The minimum absolute atomic E-state index is 0.0525. The highest BCUT2D eigenvalue weighted by Gasteiger charge is 2.11. The number of sulfone groups is 1. The van der Waals surface area contributed by atoms with Gasteiger partial charge in [0, 0.05) is 32.1 Å². The number of rotatable bonds is 5. The Morgan fingerprint density at radius 3 is 2.37 bits per heavy atom. The lowest BCUT2D eigenvalue weighted by molar-refractivity contribution is 0.225. The first-order chi connectivity index (χ1) is 8.81. The van der Waals surface area contributed by atoms with Crippen LogP contribution < -0.4 is 11.1 Å². The van der Waals surface area contributed by atoms with Gasteiger partial charge in [-0.2, -0.15) is 0 Å². The normalized spacial score (nSPS) is 11.1. The number of nitrogens with one attached hydrogen (secondary N) is 1. The van der Waals surface area contributed by atoms with Crippen LogP contribution >= 0.6 is 0 Å². The summed E-state index contributed by atoms with van der Waals surface area (Å²) < 4.78 is 22.0. The van der Waals surface area contributed by atoms with Gasteiger partial charge in [-0.3, -0.25) is 0 Å². The molecule has 0 spiro atoms. The van der Waals surface area contributed by atoms with Crippen molar-refractivity contribution in [2.24, 2.45) is 5.73 Å². The molecule has 0 radical (unpaired) electrons. The molecule has 106 valence electrons. The van der Waals surface area contributed by atoms with E-state index in [1.54, 1.807) is 19.2 Å². The maximum absolute atomic E-state index is 11.8. The molecule has 0 saturated heterocycles. The Hall–Kier alpha value is -1.60. The van der Waals surface area contributed by atoms with Gasteiger partial charge < -0.3 is 16.0 Å². The molecule has 6 nitrogen and oxygen atoms in total. The first-order valence-corrected chi connectivity index (χ1v) is 7.87. The van der Waals surface area contributed by atoms with Gasteiger partial charge in [0.05, 0.1) is 5.75 Å². The van der Waals surface area contributed by atoms with Crippen LogP contribution in [0.25, 0.3) is 0 Å². The van der Waals surface area contributed by atoms with E-state index >= 15 is 0 Å². The number of anilines is 1. The number of amides is 2. The molecule has 0 fully saturated rings. The average Bonchev–Trinajstić information content (AvgIpc) is 2.36. The summed E-state index contributed by atoms with van der Waals surface area (Å²) in [6, 6.07) is 6.82. The number of benzene rings is 1. The van der Waals surface area contributed by atoms with Crippen molar-refractivity contribution >= 4 is 21.6 Å². The fraction of sp³-hybridized carbons (Fsp3) is 0.417. The fourth-order valence-corrected chi connectivity index (χ4v) is 1.95. The van der Waals surface area contributed by atoms with Crippen molar-refractivity contribution in [2.75, 3.05) is 30.9 Å². The predicted molar refractivity (Wildman–Crippen MR) is 75.7 cm³/mol. The van der Waals surface area contributed by atoms with Crippen molar-refractivity contribution in [1.29, 1.82) is 0 Å². The fourth-order valence-electron chi connectivity index (χ4n) is 1.35. The molecule has 0 aliphatic rings. The average molecular weight is 285 g/mol. The molecule has 0 aliphatic carbocycles. The molecule has 0 aromatic heterocycles. The van der Waals surface area contributed by atoms with E-state index < -0.39 is 9.84 Å². The lowest BCUT2D eigenvalue weighted by Gasteiger charge is -2.17. The summed E-state index contributed by atoms with van der Waals surface area (Å²) in [7, 11) is -1.52. The number of carbonyl (C=O) groups is 1. The minimum atomic E-state index is -3.07. The van der Waals surface area contributed by atoms with Crippen LogP contribution in [-0.4, -0.2) is 44.9 Å². The number of nitrogens with two attached hydrogens (primary N) is 1. The van der Waals surface area contributed by atoms with E-state index in [0.717, 1.165) is 11.8 Å². The summed E-state index contributed by atoms with van der Waals surface area (Å²) in [5.74, 6) is -0.0525. The Balaban J connectivity index is 2.53. The molecule has 0 aliphatic heterocycles. The first-order valence-electron chi connectivity index (χ1n) is 5.80. The van der Waals surface area contributed by atoms with Gasteiger partial charge >= 0.3 is 6.03 Å². The molecule has 0 saturated carbocycles. The van der Waals surface area contributed by atoms with E-state index in [-0.39, 0.29) is 18.3 Å². The van der Waals surface area contributed by atoms with Crippen LogP contribution in [0.5, 0.6) is 0 Å². The van der Waals surface area contributed by atoms with E-state index in [0.29, 0.717) is 12.2 Å². The van der Waals surface area contributed by atoms with Gasteiger partial charge in [0.25, 0.3) is 0 Å². The topological polar surface area (TPSA) is 92.5 Å². The number of carbonyl (C=O) groups excluding carboxylic acids is 1. The molecule has 2 amide bonds. The van der Waals surface area contributed by atoms with Crippen LogP contribution in [0.1, 0.15) is 5.56 Å². The molecule has 1 aromatic carbocycles. The van der Waals surface area contributed by atoms with E-state index in [4.69, 9.17) is 5.73 Å². The number of urea groups is 1. The third-order valence-corrected chi connectivity index (χ3v) is 3.51. The molecule has 19 heavy (non-hydrogen) atoms. The molecule has 1 aromatic rings. The highest BCUT2D eigenvalue weighted by Crippen LogP contribution is 2.09. The van der Waals surface area contributed by atoms with Crippen LogP contribution in [-0.2, 0) is 16.4 Å². The molecule has 1 rings (SSSR count). The van der Waals surface area contributed by atoms with Crippen LogP contribution in [0.4, 0.5) is 10.5 Å². The van der Waals surface area contributed by atoms with Gasteiger partial charge in [-0.05, 0) is 17.7 Å². The second kappa shape index (κ2) is 6.53. The summed E-state index contributed by atoms with van der Waals surface area (Å²) in [6.07, 6.45) is 1.14. The predicted octanol–water partition coefficient (Wildman–Crippen LogP) is 0.654. The molecular weight excluding hydrogens is 266 g/mol. The van der Waals surface area contributed by atoms with Crippen molar-refractivity contribution < 1.29 is 13.2 Å².